The van der Waals surface area contributed by atoms with Gasteiger partial charge in [0.15, 0.2) is 11.5 Å². The fourth-order valence-electron chi connectivity index (χ4n) is 3.94. The number of aromatic nitrogens is 4. The molecule has 0 amide bonds. The second-order valence-electron chi connectivity index (χ2n) is 7.26. The SMILES string of the molecule is COc1ccc(CNc2nc(-n3cccn3)nc3sc4c(c23)CCCC4)cc1OC. The predicted molar refractivity (Wildman–Crippen MR) is 118 cm³/mol. The molecule has 8 heteroatoms. The molecule has 0 unspecified atom stereocenters. The first kappa shape index (κ1) is 18.9. The smallest absolute Gasteiger partial charge is 0.253 e. The minimum atomic E-state index is 0.584. The van der Waals surface area contributed by atoms with Crippen LogP contribution in [-0.2, 0) is 19.4 Å². The average molecular weight is 422 g/mol. The summed E-state index contributed by atoms with van der Waals surface area (Å²) in [7, 11) is 3.29. The number of ether oxygens (including phenoxy) is 2. The third-order valence-electron chi connectivity index (χ3n) is 5.42. The number of thiophene rings is 1. The average Bonchev–Trinajstić information content (AvgIpc) is 3.45. The van der Waals surface area contributed by atoms with E-state index in [4.69, 9.17) is 19.4 Å². The lowest BCUT2D eigenvalue weighted by molar-refractivity contribution is 0.354. The fourth-order valence-corrected chi connectivity index (χ4v) is 5.20. The molecule has 5 rings (SSSR count). The molecule has 4 aromatic rings. The normalized spacial score (nSPS) is 13.3. The van der Waals surface area contributed by atoms with E-state index in [0.29, 0.717) is 12.5 Å². The molecule has 0 saturated heterocycles. The highest BCUT2D eigenvalue weighted by atomic mass is 32.1. The molecule has 7 nitrogen and oxygen atoms in total. The van der Waals surface area contributed by atoms with Crippen molar-refractivity contribution in [3.8, 4) is 17.4 Å². The van der Waals surface area contributed by atoms with Crippen molar-refractivity contribution in [2.75, 3.05) is 19.5 Å². The molecule has 0 bridgehead atoms. The summed E-state index contributed by atoms with van der Waals surface area (Å²) in [6, 6.07) is 7.82. The highest BCUT2D eigenvalue weighted by molar-refractivity contribution is 7.19. The van der Waals surface area contributed by atoms with Crippen molar-refractivity contribution >= 4 is 27.4 Å². The predicted octanol–water partition coefficient (Wildman–Crippen LogP) is 4.39. The molecule has 1 N–H and O–H groups in total. The number of methoxy groups -OCH3 is 2. The number of fused-ring (bicyclic) bond motifs is 3. The van der Waals surface area contributed by atoms with Crippen LogP contribution in [-0.4, -0.2) is 34.0 Å². The van der Waals surface area contributed by atoms with Crippen molar-refractivity contribution in [2.45, 2.75) is 32.2 Å². The van der Waals surface area contributed by atoms with Crippen molar-refractivity contribution in [2.24, 2.45) is 0 Å². The van der Waals surface area contributed by atoms with Crippen molar-refractivity contribution in [1.29, 1.82) is 0 Å². The Hall–Kier alpha value is -3.13. The van der Waals surface area contributed by atoms with Crippen LogP contribution in [0.1, 0.15) is 28.8 Å². The number of nitrogens with one attached hydrogen (secondary N) is 1. The number of aryl methyl sites for hydroxylation is 2. The van der Waals surface area contributed by atoms with Gasteiger partial charge >= 0.3 is 0 Å². The van der Waals surface area contributed by atoms with Gasteiger partial charge in [0.1, 0.15) is 10.6 Å². The first-order valence-corrected chi connectivity index (χ1v) is 10.9. The topological polar surface area (TPSA) is 74.1 Å². The van der Waals surface area contributed by atoms with Gasteiger partial charge in [-0.15, -0.1) is 11.3 Å². The van der Waals surface area contributed by atoms with Crippen molar-refractivity contribution in [3.05, 3.63) is 52.7 Å². The Kier molecular flexibility index (Phi) is 5.00. The number of anilines is 1. The van der Waals surface area contributed by atoms with Gasteiger partial charge in [-0.05, 0) is 55.0 Å². The number of hydrogen-bond acceptors (Lipinski definition) is 7. The van der Waals surface area contributed by atoms with Crippen LogP contribution >= 0.6 is 11.3 Å². The summed E-state index contributed by atoms with van der Waals surface area (Å²) in [5.74, 6) is 2.88. The van der Waals surface area contributed by atoms with Gasteiger partial charge in [-0.3, -0.25) is 0 Å². The third-order valence-corrected chi connectivity index (χ3v) is 6.61. The molecule has 154 valence electrons. The quantitative estimate of drug-likeness (QED) is 0.498. The summed E-state index contributed by atoms with van der Waals surface area (Å²) in [6.45, 7) is 0.621. The monoisotopic (exact) mass is 421 g/mol. The molecule has 3 aromatic heterocycles. The third kappa shape index (κ3) is 3.37. The number of benzene rings is 1. The Labute approximate surface area is 178 Å². The van der Waals surface area contributed by atoms with Crippen LogP contribution in [0.25, 0.3) is 16.2 Å². The molecule has 30 heavy (non-hydrogen) atoms. The summed E-state index contributed by atoms with van der Waals surface area (Å²) in [5, 5.41) is 9.02. The van der Waals surface area contributed by atoms with E-state index in [0.717, 1.165) is 45.9 Å². The van der Waals surface area contributed by atoms with Gasteiger partial charge in [0.25, 0.3) is 5.95 Å². The lowest BCUT2D eigenvalue weighted by atomic mass is 9.97. The molecule has 0 aliphatic heterocycles. The minimum absolute atomic E-state index is 0.584. The maximum absolute atomic E-state index is 5.44. The van der Waals surface area contributed by atoms with Gasteiger partial charge in [0, 0.05) is 23.8 Å². The van der Waals surface area contributed by atoms with Crippen LogP contribution in [0.4, 0.5) is 5.82 Å². The standard InChI is InChI=1S/C22H23N5O2S/c1-28-16-9-8-14(12-17(16)29-2)13-23-20-19-15-6-3-4-7-18(15)30-21(19)26-22(25-20)27-11-5-10-24-27/h5,8-12H,3-4,6-7,13H2,1-2H3,(H,23,25,26). The molecule has 0 fully saturated rings. The van der Waals surface area contributed by atoms with E-state index >= 15 is 0 Å². The van der Waals surface area contributed by atoms with E-state index in [1.807, 2.05) is 30.5 Å². The first-order valence-electron chi connectivity index (χ1n) is 10.0. The Morgan fingerprint density at radius 3 is 2.77 bits per heavy atom. The van der Waals surface area contributed by atoms with Crippen LogP contribution in [0.5, 0.6) is 11.5 Å². The zero-order valence-corrected chi connectivity index (χ0v) is 17.8. The van der Waals surface area contributed by atoms with E-state index in [2.05, 4.69) is 10.4 Å². The molecule has 1 aliphatic carbocycles. The zero-order chi connectivity index (χ0) is 20.5. The van der Waals surface area contributed by atoms with Crippen LogP contribution < -0.4 is 14.8 Å². The van der Waals surface area contributed by atoms with Gasteiger partial charge in [-0.1, -0.05) is 6.07 Å². The van der Waals surface area contributed by atoms with Crippen molar-refractivity contribution in [3.63, 3.8) is 0 Å². The summed E-state index contributed by atoms with van der Waals surface area (Å²) < 4.78 is 12.5. The Morgan fingerprint density at radius 1 is 1.10 bits per heavy atom. The molecular weight excluding hydrogens is 398 g/mol. The van der Waals surface area contributed by atoms with Crippen LogP contribution in [0, 0.1) is 0 Å². The molecular formula is C22H23N5O2S. The molecule has 0 radical (unpaired) electrons. The minimum Gasteiger partial charge on any atom is -0.493 e. The second-order valence-corrected chi connectivity index (χ2v) is 8.34. The van der Waals surface area contributed by atoms with Crippen molar-refractivity contribution in [1.82, 2.24) is 19.7 Å². The van der Waals surface area contributed by atoms with E-state index in [9.17, 15) is 0 Å². The highest BCUT2D eigenvalue weighted by Crippen LogP contribution is 2.39. The summed E-state index contributed by atoms with van der Waals surface area (Å²) in [6.07, 6.45) is 8.28. The molecule has 0 atom stereocenters. The molecule has 0 saturated carbocycles. The summed E-state index contributed by atoms with van der Waals surface area (Å²) in [4.78, 5) is 12.1. The van der Waals surface area contributed by atoms with Crippen LogP contribution in [0.15, 0.2) is 36.7 Å². The van der Waals surface area contributed by atoms with Gasteiger partial charge in [0.05, 0.1) is 19.6 Å². The van der Waals surface area contributed by atoms with E-state index in [1.54, 1.807) is 36.4 Å². The second kappa shape index (κ2) is 7.95. The molecule has 3 heterocycles. The zero-order valence-electron chi connectivity index (χ0n) is 17.0. The lowest BCUT2D eigenvalue weighted by Crippen LogP contribution is -2.08. The number of hydrogen-bond donors (Lipinski definition) is 1. The maximum atomic E-state index is 5.44. The first-order chi connectivity index (χ1) is 14.8. The fraction of sp³-hybridized carbons (Fsp3) is 0.318. The Bertz CT molecular complexity index is 1190. The summed E-state index contributed by atoms with van der Waals surface area (Å²) >= 11 is 1.79. The highest BCUT2D eigenvalue weighted by Gasteiger charge is 2.21. The van der Waals surface area contributed by atoms with E-state index in [1.165, 1.54) is 23.3 Å². The van der Waals surface area contributed by atoms with E-state index < -0.39 is 0 Å². The Morgan fingerprint density at radius 2 is 1.97 bits per heavy atom. The summed E-state index contributed by atoms with van der Waals surface area (Å²) in [5.41, 5.74) is 2.49. The van der Waals surface area contributed by atoms with Crippen molar-refractivity contribution < 1.29 is 9.47 Å². The van der Waals surface area contributed by atoms with Gasteiger partial charge < -0.3 is 14.8 Å². The number of rotatable bonds is 6. The van der Waals surface area contributed by atoms with Gasteiger partial charge in [0.2, 0.25) is 0 Å². The van der Waals surface area contributed by atoms with Crippen LogP contribution in [0.2, 0.25) is 0 Å². The Balaban J connectivity index is 1.54. The molecule has 1 aliphatic rings. The van der Waals surface area contributed by atoms with Gasteiger partial charge in [-0.25, -0.2) is 4.68 Å². The number of nitrogens with zero attached hydrogens (tertiary/aromatic N) is 4. The maximum Gasteiger partial charge on any atom is 0.253 e. The molecule has 0 spiro atoms. The largest absolute Gasteiger partial charge is 0.493 e. The lowest BCUT2D eigenvalue weighted by Gasteiger charge is -2.14. The van der Waals surface area contributed by atoms with E-state index in [-0.39, 0.29) is 0 Å². The van der Waals surface area contributed by atoms with Crippen LogP contribution in [0.3, 0.4) is 0 Å². The van der Waals surface area contributed by atoms with Gasteiger partial charge in [-0.2, -0.15) is 15.1 Å². The molecule has 1 aromatic carbocycles.